The Labute approximate surface area is 121 Å². The van der Waals surface area contributed by atoms with Gasteiger partial charge in [-0.3, -0.25) is 0 Å². The summed E-state index contributed by atoms with van der Waals surface area (Å²) in [5, 5.41) is 3.18. The van der Waals surface area contributed by atoms with Gasteiger partial charge in [-0.25, -0.2) is 4.39 Å². The van der Waals surface area contributed by atoms with Crippen LogP contribution >= 0.6 is 0 Å². The summed E-state index contributed by atoms with van der Waals surface area (Å²) in [6, 6.07) is 3.27. The fraction of sp³-hybridized carbons (Fsp3) is 0.625. The maximum Gasteiger partial charge on any atom is 0.419 e. The third kappa shape index (κ3) is 2.68. The Hall–Kier alpha value is -1.10. The van der Waals surface area contributed by atoms with Gasteiger partial charge >= 0.3 is 6.18 Å². The molecule has 3 rings (SSSR count). The number of rotatable bonds is 3. The third-order valence-corrected chi connectivity index (χ3v) is 5.19. The van der Waals surface area contributed by atoms with Crippen LogP contribution in [0.25, 0.3) is 0 Å². The Kier molecular flexibility index (Phi) is 3.72. The van der Waals surface area contributed by atoms with Crippen molar-refractivity contribution < 1.29 is 17.6 Å². The molecule has 2 aliphatic carbocycles. The van der Waals surface area contributed by atoms with Gasteiger partial charge in [0.05, 0.1) is 5.56 Å². The third-order valence-electron chi connectivity index (χ3n) is 5.19. The first-order valence-electron chi connectivity index (χ1n) is 7.44. The van der Waals surface area contributed by atoms with E-state index < -0.39 is 17.6 Å². The molecule has 0 radical (unpaired) electrons. The summed E-state index contributed by atoms with van der Waals surface area (Å²) in [5.41, 5.74) is -0.561. The standard InChI is InChI=1S/C16H19F4N/c1-21-15(12-7-9-2-3-10(12)6-9)11-4-5-13(14(17)8-11)16(18,19)20/h4-5,8-10,12,15,21H,2-3,6-7H2,1H3. The molecule has 1 aromatic rings. The maximum atomic E-state index is 13.8. The predicted molar refractivity (Wildman–Crippen MR) is 72.1 cm³/mol. The summed E-state index contributed by atoms with van der Waals surface area (Å²) in [6.45, 7) is 0. The van der Waals surface area contributed by atoms with Crippen LogP contribution < -0.4 is 5.32 Å². The topological polar surface area (TPSA) is 12.0 Å². The van der Waals surface area contributed by atoms with Crippen molar-refractivity contribution in [1.29, 1.82) is 0 Å². The number of halogens is 4. The average molecular weight is 301 g/mol. The minimum Gasteiger partial charge on any atom is -0.313 e. The smallest absolute Gasteiger partial charge is 0.313 e. The highest BCUT2D eigenvalue weighted by Gasteiger charge is 2.43. The Morgan fingerprint density at radius 2 is 1.95 bits per heavy atom. The highest BCUT2D eigenvalue weighted by atomic mass is 19.4. The minimum absolute atomic E-state index is 0.0583. The van der Waals surface area contributed by atoms with Crippen molar-refractivity contribution in [2.75, 3.05) is 7.05 Å². The normalized spacial score (nSPS) is 29.9. The van der Waals surface area contributed by atoms with Gasteiger partial charge < -0.3 is 5.32 Å². The van der Waals surface area contributed by atoms with Crippen LogP contribution in [0, 0.1) is 23.6 Å². The second kappa shape index (κ2) is 5.27. The number of nitrogens with one attached hydrogen (secondary N) is 1. The van der Waals surface area contributed by atoms with E-state index in [-0.39, 0.29) is 6.04 Å². The monoisotopic (exact) mass is 301 g/mol. The minimum atomic E-state index is -4.63. The van der Waals surface area contributed by atoms with Crippen LogP contribution in [0.1, 0.15) is 42.9 Å². The van der Waals surface area contributed by atoms with Gasteiger partial charge in [0.15, 0.2) is 0 Å². The molecule has 116 valence electrons. The second-order valence-corrected chi connectivity index (χ2v) is 6.34. The summed E-state index contributed by atoms with van der Waals surface area (Å²) in [5.74, 6) is 0.598. The van der Waals surface area contributed by atoms with Gasteiger partial charge in [-0.2, -0.15) is 13.2 Å². The first-order valence-corrected chi connectivity index (χ1v) is 7.44. The first-order chi connectivity index (χ1) is 9.90. The summed E-state index contributed by atoms with van der Waals surface area (Å²) >= 11 is 0. The molecule has 0 aromatic heterocycles. The van der Waals surface area contributed by atoms with Gasteiger partial charge in [0, 0.05) is 6.04 Å². The van der Waals surface area contributed by atoms with Crippen molar-refractivity contribution in [3.05, 3.63) is 35.1 Å². The lowest BCUT2D eigenvalue weighted by atomic mass is 9.80. The molecule has 2 fully saturated rings. The van der Waals surface area contributed by atoms with Crippen molar-refractivity contribution in [3.8, 4) is 0 Å². The van der Waals surface area contributed by atoms with Gasteiger partial charge in [-0.1, -0.05) is 12.5 Å². The van der Waals surface area contributed by atoms with Gasteiger partial charge in [-0.05, 0) is 61.8 Å². The Balaban J connectivity index is 1.86. The van der Waals surface area contributed by atoms with Crippen LogP contribution in [0.5, 0.6) is 0 Å². The Morgan fingerprint density at radius 3 is 2.43 bits per heavy atom. The fourth-order valence-electron chi connectivity index (χ4n) is 4.28. The lowest BCUT2D eigenvalue weighted by Crippen LogP contribution is -2.29. The zero-order valence-electron chi connectivity index (χ0n) is 11.9. The van der Waals surface area contributed by atoms with Crippen LogP contribution in [0.4, 0.5) is 17.6 Å². The number of fused-ring (bicyclic) bond motifs is 2. The first kappa shape index (κ1) is 14.8. The van der Waals surface area contributed by atoms with E-state index in [1.165, 1.54) is 25.3 Å². The van der Waals surface area contributed by atoms with E-state index in [1.807, 2.05) is 0 Å². The summed E-state index contributed by atoms with van der Waals surface area (Å²) in [4.78, 5) is 0. The van der Waals surface area contributed by atoms with Crippen LogP contribution in [-0.2, 0) is 6.18 Å². The average Bonchev–Trinajstić information content (AvgIpc) is 3.00. The van der Waals surface area contributed by atoms with Crippen molar-refractivity contribution in [1.82, 2.24) is 5.32 Å². The SMILES string of the molecule is CNC(c1ccc(C(F)(F)F)c(F)c1)C1CC2CCC1C2. The lowest BCUT2D eigenvalue weighted by molar-refractivity contribution is -0.140. The fourth-order valence-corrected chi connectivity index (χ4v) is 4.28. The quantitative estimate of drug-likeness (QED) is 0.808. The molecule has 21 heavy (non-hydrogen) atoms. The van der Waals surface area contributed by atoms with E-state index >= 15 is 0 Å². The highest BCUT2D eigenvalue weighted by molar-refractivity contribution is 5.29. The van der Waals surface area contributed by atoms with E-state index in [0.29, 0.717) is 17.4 Å². The molecule has 4 atom stereocenters. The van der Waals surface area contributed by atoms with E-state index in [1.54, 1.807) is 7.05 Å². The summed E-state index contributed by atoms with van der Waals surface area (Å²) in [6.07, 6.45) is 0.130. The molecule has 2 bridgehead atoms. The molecule has 0 heterocycles. The molecule has 4 unspecified atom stereocenters. The van der Waals surface area contributed by atoms with E-state index in [4.69, 9.17) is 0 Å². The van der Waals surface area contributed by atoms with Crippen LogP contribution in [0.3, 0.4) is 0 Å². The van der Waals surface area contributed by atoms with Crippen molar-refractivity contribution in [2.24, 2.45) is 17.8 Å². The Morgan fingerprint density at radius 1 is 1.19 bits per heavy atom. The number of benzene rings is 1. The number of hydrogen-bond acceptors (Lipinski definition) is 1. The zero-order valence-corrected chi connectivity index (χ0v) is 11.9. The largest absolute Gasteiger partial charge is 0.419 e. The lowest BCUT2D eigenvalue weighted by Gasteiger charge is -2.31. The highest BCUT2D eigenvalue weighted by Crippen LogP contribution is 2.52. The van der Waals surface area contributed by atoms with Crippen LogP contribution in [0.2, 0.25) is 0 Å². The summed E-state index contributed by atoms with van der Waals surface area (Å²) < 4.78 is 51.7. The number of alkyl halides is 3. The molecule has 1 aromatic carbocycles. The predicted octanol–water partition coefficient (Wildman–Crippen LogP) is 4.54. The second-order valence-electron chi connectivity index (χ2n) is 6.34. The Bertz CT molecular complexity index is 525. The molecule has 0 spiro atoms. The van der Waals surface area contributed by atoms with Crippen molar-refractivity contribution in [2.45, 2.75) is 37.9 Å². The molecule has 0 amide bonds. The van der Waals surface area contributed by atoms with Crippen LogP contribution in [0.15, 0.2) is 18.2 Å². The van der Waals surface area contributed by atoms with Crippen molar-refractivity contribution >= 4 is 0 Å². The summed E-state index contributed by atoms with van der Waals surface area (Å²) in [7, 11) is 1.80. The molecule has 5 heteroatoms. The maximum absolute atomic E-state index is 13.8. The van der Waals surface area contributed by atoms with Crippen LogP contribution in [-0.4, -0.2) is 7.05 Å². The van der Waals surface area contributed by atoms with Crippen molar-refractivity contribution in [3.63, 3.8) is 0 Å². The van der Waals surface area contributed by atoms with E-state index in [0.717, 1.165) is 24.5 Å². The van der Waals surface area contributed by atoms with E-state index in [9.17, 15) is 17.6 Å². The zero-order chi connectivity index (χ0) is 15.2. The van der Waals surface area contributed by atoms with Gasteiger partial charge in [0.1, 0.15) is 5.82 Å². The molecular weight excluding hydrogens is 282 g/mol. The molecule has 1 nitrogen and oxygen atoms in total. The molecule has 0 aliphatic heterocycles. The van der Waals surface area contributed by atoms with Gasteiger partial charge in [0.25, 0.3) is 0 Å². The molecule has 1 N–H and O–H groups in total. The molecule has 2 saturated carbocycles. The molecular formula is C16H19F4N. The molecule has 2 aliphatic rings. The molecule has 0 saturated heterocycles. The van der Waals surface area contributed by atoms with Gasteiger partial charge in [-0.15, -0.1) is 0 Å². The van der Waals surface area contributed by atoms with E-state index in [2.05, 4.69) is 5.32 Å². The van der Waals surface area contributed by atoms with Gasteiger partial charge in [0.2, 0.25) is 0 Å². The number of hydrogen-bond donors (Lipinski definition) is 1.